The van der Waals surface area contributed by atoms with E-state index in [2.05, 4.69) is 10.3 Å². The van der Waals surface area contributed by atoms with Crippen molar-refractivity contribution in [1.82, 2.24) is 14.9 Å². The van der Waals surface area contributed by atoms with Crippen molar-refractivity contribution in [3.05, 3.63) is 18.7 Å². The van der Waals surface area contributed by atoms with Crippen LogP contribution in [0.4, 0.5) is 0 Å². The van der Waals surface area contributed by atoms with Crippen molar-refractivity contribution in [2.24, 2.45) is 0 Å². The van der Waals surface area contributed by atoms with E-state index in [1.165, 1.54) is 0 Å². The molecule has 0 spiro atoms. The third kappa shape index (κ3) is 5.10. The fourth-order valence-corrected chi connectivity index (χ4v) is 2.32. The lowest BCUT2D eigenvalue weighted by molar-refractivity contribution is -0.121. The van der Waals surface area contributed by atoms with Gasteiger partial charge in [0.25, 0.3) is 0 Å². The van der Waals surface area contributed by atoms with Crippen LogP contribution < -0.4 is 5.32 Å². The molecule has 0 bridgehead atoms. The molecule has 0 radical (unpaired) electrons. The number of thioether (sulfide) groups is 1. The molecule has 1 amide bonds. The number of rotatable bonds is 8. The van der Waals surface area contributed by atoms with Gasteiger partial charge in [-0.3, -0.25) is 4.79 Å². The lowest BCUT2D eigenvalue weighted by atomic mass is 10.2. The Morgan fingerprint density at radius 3 is 2.94 bits per heavy atom. The maximum absolute atomic E-state index is 11.7. The first-order valence-electron chi connectivity index (χ1n) is 6.06. The minimum absolute atomic E-state index is 0.00857. The summed E-state index contributed by atoms with van der Waals surface area (Å²) in [5.41, 5.74) is 0. The first kappa shape index (κ1) is 15.0. The zero-order chi connectivity index (χ0) is 13.4. The smallest absolute Gasteiger partial charge is 0.220 e. The number of aliphatic hydroxyl groups excluding tert-OH is 1. The van der Waals surface area contributed by atoms with Crippen molar-refractivity contribution in [3.8, 4) is 0 Å². The number of amides is 1. The first-order chi connectivity index (χ1) is 8.67. The summed E-state index contributed by atoms with van der Waals surface area (Å²) in [5, 5.41) is 12.1. The van der Waals surface area contributed by atoms with Crippen LogP contribution in [-0.2, 0) is 11.3 Å². The van der Waals surface area contributed by atoms with Gasteiger partial charge in [-0.1, -0.05) is 0 Å². The van der Waals surface area contributed by atoms with Crippen molar-refractivity contribution < 1.29 is 9.90 Å². The number of aliphatic hydroxyl groups is 1. The maximum Gasteiger partial charge on any atom is 0.220 e. The maximum atomic E-state index is 11.7. The Balaban J connectivity index is 2.20. The van der Waals surface area contributed by atoms with Gasteiger partial charge in [0, 0.05) is 36.7 Å². The second kappa shape index (κ2) is 8.16. The second-order valence-electron chi connectivity index (χ2n) is 4.22. The Morgan fingerprint density at radius 2 is 2.39 bits per heavy atom. The molecule has 2 N–H and O–H groups in total. The molecule has 2 atom stereocenters. The summed E-state index contributed by atoms with van der Waals surface area (Å²) in [6.07, 6.45) is 8.58. The average molecular weight is 271 g/mol. The molecule has 0 saturated carbocycles. The van der Waals surface area contributed by atoms with E-state index < -0.39 is 0 Å². The fraction of sp³-hybridized carbons (Fsp3) is 0.667. The van der Waals surface area contributed by atoms with Gasteiger partial charge >= 0.3 is 0 Å². The summed E-state index contributed by atoms with van der Waals surface area (Å²) in [5.74, 6) is 0.0371. The summed E-state index contributed by atoms with van der Waals surface area (Å²) in [6, 6.07) is -0.00857. The highest BCUT2D eigenvalue weighted by molar-refractivity contribution is 7.99. The molecule has 1 aromatic heterocycles. The van der Waals surface area contributed by atoms with Crippen LogP contribution in [0.5, 0.6) is 0 Å². The van der Waals surface area contributed by atoms with Crippen molar-refractivity contribution in [2.75, 3.05) is 12.9 Å². The van der Waals surface area contributed by atoms with Crippen LogP contribution in [0.25, 0.3) is 0 Å². The number of carbonyl (C=O) groups is 1. The lowest BCUT2D eigenvalue weighted by Crippen LogP contribution is -2.41. The highest BCUT2D eigenvalue weighted by Gasteiger charge is 2.16. The molecule has 0 aliphatic heterocycles. The molecular formula is C12H21N3O2S. The van der Waals surface area contributed by atoms with Crippen molar-refractivity contribution >= 4 is 17.7 Å². The van der Waals surface area contributed by atoms with E-state index in [9.17, 15) is 4.79 Å². The Bertz CT molecular complexity index is 339. The topological polar surface area (TPSA) is 67.2 Å². The first-order valence-corrected chi connectivity index (χ1v) is 7.35. The second-order valence-corrected chi connectivity index (χ2v) is 5.29. The lowest BCUT2D eigenvalue weighted by Gasteiger charge is -2.21. The van der Waals surface area contributed by atoms with Gasteiger partial charge in [-0.2, -0.15) is 11.8 Å². The van der Waals surface area contributed by atoms with Crippen LogP contribution in [0, 0.1) is 0 Å². The molecule has 5 nitrogen and oxygen atoms in total. The zero-order valence-electron chi connectivity index (χ0n) is 10.9. The number of nitrogens with one attached hydrogen (secondary N) is 1. The van der Waals surface area contributed by atoms with Crippen LogP contribution in [0.3, 0.4) is 0 Å². The number of nitrogens with zero attached hydrogens (tertiary/aromatic N) is 2. The molecule has 6 heteroatoms. The van der Waals surface area contributed by atoms with Crippen molar-refractivity contribution in [2.45, 2.75) is 37.6 Å². The summed E-state index contributed by atoms with van der Waals surface area (Å²) < 4.78 is 1.95. The number of hydrogen-bond donors (Lipinski definition) is 2. The van der Waals surface area contributed by atoms with E-state index in [-0.39, 0.29) is 23.8 Å². The summed E-state index contributed by atoms with van der Waals surface area (Å²) >= 11 is 1.56. The molecule has 2 unspecified atom stereocenters. The molecule has 0 saturated heterocycles. The van der Waals surface area contributed by atoms with Crippen LogP contribution >= 0.6 is 11.8 Å². The summed E-state index contributed by atoms with van der Waals surface area (Å²) in [7, 11) is 0. The van der Waals surface area contributed by atoms with E-state index in [0.29, 0.717) is 6.42 Å². The zero-order valence-corrected chi connectivity index (χ0v) is 11.7. The van der Waals surface area contributed by atoms with Gasteiger partial charge in [-0.25, -0.2) is 4.98 Å². The fourth-order valence-electron chi connectivity index (χ4n) is 1.70. The standard InChI is InChI=1S/C12H21N3O2S/c1-10(11(8-16)18-2)14-12(17)4-3-6-15-7-5-13-9-15/h5,7,9-11,16H,3-4,6,8H2,1-2H3,(H,14,17). The van der Waals surface area contributed by atoms with Gasteiger partial charge in [-0.15, -0.1) is 0 Å². The monoisotopic (exact) mass is 271 g/mol. The van der Waals surface area contributed by atoms with Gasteiger partial charge in [-0.05, 0) is 19.6 Å². The SMILES string of the molecule is CSC(CO)C(C)NC(=O)CCCn1ccnc1. The molecule has 0 aromatic carbocycles. The third-order valence-corrected chi connectivity index (χ3v) is 3.97. The molecule has 1 aromatic rings. The van der Waals surface area contributed by atoms with E-state index in [1.54, 1.807) is 24.3 Å². The predicted octanol–water partition coefficient (Wildman–Crippen LogP) is 0.892. The Kier molecular flexibility index (Phi) is 6.82. The minimum atomic E-state index is -0.00857. The Morgan fingerprint density at radius 1 is 1.61 bits per heavy atom. The Hall–Kier alpha value is -1.01. The normalized spacial score (nSPS) is 14.2. The van der Waals surface area contributed by atoms with Gasteiger partial charge in [0.2, 0.25) is 5.91 Å². The highest BCUT2D eigenvalue weighted by Crippen LogP contribution is 2.10. The molecule has 0 aliphatic rings. The van der Waals surface area contributed by atoms with Crippen LogP contribution in [0.15, 0.2) is 18.7 Å². The van der Waals surface area contributed by atoms with E-state index in [4.69, 9.17) is 5.11 Å². The number of aryl methyl sites for hydroxylation is 1. The average Bonchev–Trinajstić information content (AvgIpc) is 2.83. The van der Waals surface area contributed by atoms with Crippen molar-refractivity contribution in [1.29, 1.82) is 0 Å². The number of aromatic nitrogens is 2. The third-order valence-electron chi connectivity index (χ3n) is 2.81. The molecular weight excluding hydrogens is 250 g/mol. The predicted molar refractivity (Wildman–Crippen MR) is 73.5 cm³/mol. The highest BCUT2D eigenvalue weighted by atomic mass is 32.2. The van der Waals surface area contributed by atoms with Gasteiger partial charge < -0.3 is 15.0 Å². The molecule has 18 heavy (non-hydrogen) atoms. The van der Waals surface area contributed by atoms with Gasteiger partial charge in [0.15, 0.2) is 0 Å². The van der Waals surface area contributed by atoms with E-state index >= 15 is 0 Å². The number of carbonyl (C=O) groups excluding carboxylic acids is 1. The largest absolute Gasteiger partial charge is 0.395 e. The molecule has 1 rings (SSSR count). The molecule has 0 aliphatic carbocycles. The Labute approximate surface area is 112 Å². The quantitative estimate of drug-likeness (QED) is 0.737. The van der Waals surface area contributed by atoms with Crippen LogP contribution in [-0.4, -0.2) is 44.7 Å². The minimum Gasteiger partial charge on any atom is -0.395 e. The molecule has 102 valence electrons. The van der Waals surface area contributed by atoms with Crippen LogP contribution in [0.2, 0.25) is 0 Å². The van der Waals surface area contributed by atoms with Crippen molar-refractivity contribution in [3.63, 3.8) is 0 Å². The number of hydrogen-bond acceptors (Lipinski definition) is 4. The van der Waals surface area contributed by atoms with E-state index in [1.807, 2.05) is 23.9 Å². The van der Waals surface area contributed by atoms with E-state index in [0.717, 1.165) is 13.0 Å². The summed E-state index contributed by atoms with van der Waals surface area (Å²) in [4.78, 5) is 15.6. The number of imidazole rings is 1. The molecule has 0 fully saturated rings. The van der Waals surface area contributed by atoms with Crippen LogP contribution in [0.1, 0.15) is 19.8 Å². The molecule has 1 heterocycles. The van der Waals surface area contributed by atoms with Gasteiger partial charge in [0.1, 0.15) is 0 Å². The summed E-state index contributed by atoms with van der Waals surface area (Å²) in [6.45, 7) is 2.80. The van der Waals surface area contributed by atoms with Gasteiger partial charge in [0.05, 0.1) is 12.9 Å².